The van der Waals surface area contributed by atoms with Crippen molar-refractivity contribution in [2.75, 3.05) is 12.8 Å². The zero-order valence-electron chi connectivity index (χ0n) is 13.0. The van der Waals surface area contributed by atoms with Crippen molar-refractivity contribution < 1.29 is 23.1 Å². The van der Waals surface area contributed by atoms with Crippen LogP contribution in [0.15, 0.2) is 12.1 Å². The molecule has 0 aliphatic heterocycles. The third kappa shape index (κ3) is 5.02. The summed E-state index contributed by atoms with van der Waals surface area (Å²) < 4.78 is 24.4. The number of sulfonamides is 1. The van der Waals surface area contributed by atoms with E-state index >= 15 is 0 Å². The molecule has 1 aliphatic rings. The van der Waals surface area contributed by atoms with Crippen LogP contribution in [0.2, 0.25) is 0 Å². The van der Waals surface area contributed by atoms with Crippen molar-refractivity contribution >= 4 is 33.2 Å². The van der Waals surface area contributed by atoms with Crippen LogP contribution >= 0.6 is 11.3 Å². The number of carbonyl (C=O) groups is 2. The van der Waals surface area contributed by atoms with E-state index in [0.29, 0.717) is 11.3 Å². The van der Waals surface area contributed by atoms with Gasteiger partial charge in [0.1, 0.15) is 6.04 Å². The predicted molar refractivity (Wildman–Crippen MR) is 87.2 cm³/mol. The summed E-state index contributed by atoms with van der Waals surface area (Å²) in [4.78, 5) is 26.6. The number of amides is 1. The van der Waals surface area contributed by atoms with E-state index in [1.807, 2.05) is 0 Å². The third-order valence-corrected chi connectivity index (χ3v) is 5.42. The Balaban J connectivity index is 2.03. The van der Waals surface area contributed by atoms with Gasteiger partial charge in [-0.2, -0.15) is 0 Å². The fourth-order valence-electron chi connectivity index (χ4n) is 2.24. The monoisotopic (exact) mass is 360 g/mol. The van der Waals surface area contributed by atoms with E-state index in [1.165, 1.54) is 23.2 Å². The zero-order valence-corrected chi connectivity index (χ0v) is 14.6. The minimum Gasteiger partial charge on any atom is -0.480 e. The maximum atomic E-state index is 12.6. The number of rotatable bonds is 8. The van der Waals surface area contributed by atoms with Crippen LogP contribution < -0.4 is 4.72 Å². The molecule has 1 fully saturated rings. The first kappa shape index (κ1) is 17.9. The van der Waals surface area contributed by atoms with E-state index in [0.717, 1.165) is 24.0 Å². The maximum absolute atomic E-state index is 12.6. The van der Waals surface area contributed by atoms with Gasteiger partial charge < -0.3 is 10.0 Å². The van der Waals surface area contributed by atoms with Crippen molar-refractivity contribution in [3.63, 3.8) is 0 Å². The molecule has 1 unspecified atom stereocenters. The van der Waals surface area contributed by atoms with Gasteiger partial charge in [-0.25, -0.2) is 17.9 Å². The van der Waals surface area contributed by atoms with Gasteiger partial charge in [0.2, 0.25) is 10.0 Å². The fraction of sp³-hybridized carbons (Fsp3) is 0.571. The van der Waals surface area contributed by atoms with Crippen molar-refractivity contribution in [2.45, 2.75) is 38.3 Å². The molecule has 1 amide bonds. The molecule has 0 spiro atoms. The smallest absolute Gasteiger partial charge is 0.326 e. The summed E-state index contributed by atoms with van der Waals surface area (Å²) in [6, 6.07) is 2.60. The van der Waals surface area contributed by atoms with Crippen molar-refractivity contribution in [3.8, 4) is 0 Å². The standard InChI is InChI=1S/C14H20N2O5S2/c1-9(14(18)19)16(10-3-4-10)13(17)12-6-5-11(22-12)7-8-15-23(2,20)21/h5-6,9-10,15H,3-4,7-8H2,1-2H3,(H,18,19). The number of carboxylic acid groups (broad SMARTS) is 1. The lowest BCUT2D eigenvalue weighted by Gasteiger charge is -2.25. The van der Waals surface area contributed by atoms with Crippen LogP contribution in [0.3, 0.4) is 0 Å². The highest BCUT2D eigenvalue weighted by Gasteiger charge is 2.39. The van der Waals surface area contributed by atoms with Crippen LogP contribution in [0, 0.1) is 0 Å². The topological polar surface area (TPSA) is 104 Å². The van der Waals surface area contributed by atoms with E-state index in [1.54, 1.807) is 12.1 Å². The first-order valence-corrected chi connectivity index (χ1v) is 9.98. The highest BCUT2D eigenvalue weighted by Crippen LogP contribution is 2.31. The van der Waals surface area contributed by atoms with Crippen molar-refractivity contribution in [1.82, 2.24) is 9.62 Å². The molecule has 2 rings (SSSR count). The summed E-state index contributed by atoms with van der Waals surface area (Å²) in [6.45, 7) is 1.79. The molecule has 1 aliphatic carbocycles. The number of carbonyl (C=O) groups excluding carboxylic acids is 1. The largest absolute Gasteiger partial charge is 0.480 e. The number of carboxylic acids is 1. The van der Waals surface area contributed by atoms with Crippen LogP contribution in [-0.4, -0.2) is 55.2 Å². The lowest BCUT2D eigenvalue weighted by Crippen LogP contribution is -2.44. The summed E-state index contributed by atoms with van der Waals surface area (Å²) in [5.74, 6) is -1.28. The minimum absolute atomic E-state index is 0.00560. The summed E-state index contributed by atoms with van der Waals surface area (Å²) in [5.41, 5.74) is 0. The van der Waals surface area contributed by atoms with Gasteiger partial charge >= 0.3 is 5.97 Å². The molecule has 1 aromatic heterocycles. The van der Waals surface area contributed by atoms with E-state index < -0.39 is 22.0 Å². The molecule has 1 heterocycles. The van der Waals surface area contributed by atoms with E-state index in [4.69, 9.17) is 5.11 Å². The maximum Gasteiger partial charge on any atom is 0.326 e. The molecular formula is C14H20N2O5S2. The van der Waals surface area contributed by atoms with Crippen LogP contribution in [-0.2, 0) is 21.2 Å². The normalized spacial score (nSPS) is 16.1. The first-order valence-electron chi connectivity index (χ1n) is 7.28. The Morgan fingerprint density at radius 2 is 2.09 bits per heavy atom. The van der Waals surface area contributed by atoms with Crippen LogP contribution in [0.25, 0.3) is 0 Å². The molecule has 9 heteroatoms. The summed E-state index contributed by atoms with van der Waals surface area (Å²) >= 11 is 1.28. The second-order valence-electron chi connectivity index (χ2n) is 5.64. The molecule has 0 aromatic carbocycles. The second kappa shape index (κ2) is 6.98. The Morgan fingerprint density at radius 3 is 2.61 bits per heavy atom. The van der Waals surface area contributed by atoms with E-state index in [2.05, 4.69) is 4.72 Å². The highest BCUT2D eigenvalue weighted by atomic mass is 32.2. The Bertz CT molecular complexity index is 694. The second-order valence-corrected chi connectivity index (χ2v) is 8.64. The lowest BCUT2D eigenvalue weighted by atomic mass is 10.2. The number of thiophene rings is 1. The number of nitrogens with zero attached hydrogens (tertiary/aromatic N) is 1. The molecule has 0 saturated heterocycles. The molecule has 2 N–H and O–H groups in total. The average molecular weight is 360 g/mol. The van der Waals surface area contributed by atoms with Crippen molar-refractivity contribution in [1.29, 1.82) is 0 Å². The number of nitrogens with one attached hydrogen (secondary N) is 1. The number of aliphatic carboxylic acids is 1. The van der Waals surface area contributed by atoms with Gasteiger partial charge in [0.05, 0.1) is 11.1 Å². The summed E-state index contributed by atoms with van der Waals surface area (Å²) in [5, 5.41) is 9.17. The fourth-order valence-corrected chi connectivity index (χ4v) is 3.67. The molecule has 0 bridgehead atoms. The molecule has 0 radical (unpaired) electrons. The minimum atomic E-state index is -3.23. The van der Waals surface area contributed by atoms with Gasteiger partial charge in [-0.05, 0) is 38.3 Å². The molecule has 1 atom stereocenters. The molecule has 23 heavy (non-hydrogen) atoms. The zero-order chi connectivity index (χ0) is 17.2. The molecule has 128 valence electrons. The van der Waals surface area contributed by atoms with Crippen LogP contribution in [0.1, 0.15) is 34.3 Å². The molecule has 1 aromatic rings. The molecular weight excluding hydrogens is 340 g/mol. The summed E-state index contributed by atoms with van der Waals surface area (Å²) in [7, 11) is -3.23. The Labute approximate surface area is 139 Å². The van der Waals surface area contributed by atoms with Crippen molar-refractivity contribution in [2.24, 2.45) is 0 Å². The van der Waals surface area contributed by atoms with Crippen molar-refractivity contribution in [3.05, 3.63) is 21.9 Å². The highest BCUT2D eigenvalue weighted by molar-refractivity contribution is 7.88. The first-order chi connectivity index (χ1) is 10.7. The Morgan fingerprint density at radius 1 is 1.43 bits per heavy atom. The number of hydrogen-bond donors (Lipinski definition) is 2. The van der Waals surface area contributed by atoms with Crippen LogP contribution in [0.4, 0.5) is 0 Å². The van der Waals surface area contributed by atoms with Gasteiger partial charge in [-0.3, -0.25) is 4.79 Å². The van der Waals surface area contributed by atoms with Gasteiger partial charge in [-0.15, -0.1) is 11.3 Å². The molecule has 7 nitrogen and oxygen atoms in total. The van der Waals surface area contributed by atoms with Gasteiger partial charge in [0.25, 0.3) is 5.91 Å². The Hall–Kier alpha value is -1.45. The lowest BCUT2D eigenvalue weighted by molar-refractivity contribution is -0.141. The van der Waals surface area contributed by atoms with E-state index in [9.17, 15) is 18.0 Å². The SMILES string of the molecule is CC(C(=O)O)N(C(=O)c1ccc(CCNS(C)(=O)=O)s1)C1CC1. The van der Waals surface area contributed by atoms with Gasteiger partial charge in [0, 0.05) is 17.5 Å². The predicted octanol–water partition coefficient (Wildman–Crippen LogP) is 0.918. The quantitative estimate of drug-likeness (QED) is 0.717. The third-order valence-electron chi connectivity index (χ3n) is 3.56. The van der Waals surface area contributed by atoms with E-state index in [-0.39, 0.29) is 18.5 Å². The summed E-state index contributed by atoms with van der Waals surface area (Å²) in [6.07, 6.45) is 3.25. The van der Waals surface area contributed by atoms with Gasteiger partial charge in [-0.1, -0.05) is 0 Å². The molecule has 1 saturated carbocycles. The number of hydrogen-bond acceptors (Lipinski definition) is 5. The van der Waals surface area contributed by atoms with Gasteiger partial charge in [0.15, 0.2) is 0 Å². The Kier molecular flexibility index (Phi) is 5.43. The van der Waals surface area contributed by atoms with Crippen LogP contribution in [0.5, 0.6) is 0 Å². The average Bonchev–Trinajstić information content (AvgIpc) is 3.15.